The van der Waals surface area contributed by atoms with Crippen molar-refractivity contribution in [2.75, 3.05) is 38.7 Å². The molecule has 3 aromatic rings. The number of rotatable bonds is 11. The highest BCUT2D eigenvalue weighted by Gasteiger charge is 2.06. The molecule has 0 atom stereocenters. The van der Waals surface area contributed by atoms with Gasteiger partial charge in [-0.1, -0.05) is 30.3 Å². The molecule has 3 rings (SSSR count). The molecule has 0 amide bonds. The number of aliphatic imine (C=N–C) groups is 1. The lowest BCUT2D eigenvalue weighted by molar-refractivity contribution is 0.414. The Kier molecular flexibility index (Phi) is 11.7. The standard InChI is InChI=1S/C25H35N7O.HI/c1-20-29-30-24(32(20)3)19-28-25(27-17-15-21-11-13-23(33-4)14-12-21)26-16-8-18-31(2)22-9-6-5-7-10-22;/h5-7,9-14H,8,15-19H2,1-4H3,(H2,26,27,28);1H. The van der Waals surface area contributed by atoms with E-state index in [1.165, 1.54) is 11.3 Å². The number of aryl methyl sites for hydroxylation is 1. The zero-order valence-corrected chi connectivity index (χ0v) is 22.8. The van der Waals surface area contributed by atoms with E-state index in [-0.39, 0.29) is 24.0 Å². The first-order valence-corrected chi connectivity index (χ1v) is 11.3. The minimum Gasteiger partial charge on any atom is -0.497 e. The molecule has 0 saturated carbocycles. The third-order valence-electron chi connectivity index (χ3n) is 5.59. The number of ether oxygens (including phenoxy) is 1. The van der Waals surface area contributed by atoms with Gasteiger partial charge in [-0.25, -0.2) is 4.99 Å². The van der Waals surface area contributed by atoms with Crippen LogP contribution in [0.4, 0.5) is 5.69 Å². The number of guanidine groups is 1. The maximum atomic E-state index is 5.24. The van der Waals surface area contributed by atoms with E-state index in [1.807, 2.05) is 36.7 Å². The fourth-order valence-electron chi connectivity index (χ4n) is 3.36. The van der Waals surface area contributed by atoms with Gasteiger partial charge in [-0.3, -0.25) is 0 Å². The normalized spacial score (nSPS) is 11.0. The van der Waals surface area contributed by atoms with Crippen LogP contribution in [-0.4, -0.2) is 54.5 Å². The summed E-state index contributed by atoms with van der Waals surface area (Å²) < 4.78 is 7.20. The van der Waals surface area contributed by atoms with Crippen LogP contribution in [0.15, 0.2) is 59.6 Å². The lowest BCUT2D eigenvalue weighted by Gasteiger charge is -2.19. The highest BCUT2D eigenvalue weighted by molar-refractivity contribution is 14.0. The molecule has 0 spiro atoms. The molecule has 9 heteroatoms. The molecule has 2 aromatic carbocycles. The summed E-state index contributed by atoms with van der Waals surface area (Å²) in [5.41, 5.74) is 2.47. The monoisotopic (exact) mass is 577 g/mol. The second kappa shape index (κ2) is 14.4. The highest BCUT2D eigenvalue weighted by Crippen LogP contribution is 2.12. The first kappa shape index (κ1) is 27.4. The maximum Gasteiger partial charge on any atom is 0.191 e. The van der Waals surface area contributed by atoms with E-state index in [9.17, 15) is 0 Å². The molecule has 0 bridgehead atoms. The SMILES string of the molecule is COc1ccc(CCNC(=NCc2nnc(C)n2C)NCCCN(C)c2ccccc2)cc1.I. The number of para-hydroxylation sites is 1. The number of anilines is 1. The Bertz CT molecular complexity index is 1010. The number of aromatic nitrogens is 3. The maximum absolute atomic E-state index is 5.24. The Morgan fingerprint density at radius 1 is 1.03 bits per heavy atom. The smallest absolute Gasteiger partial charge is 0.191 e. The lowest BCUT2D eigenvalue weighted by Crippen LogP contribution is -2.39. The van der Waals surface area contributed by atoms with Gasteiger partial charge in [0.2, 0.25) is 0 Å². The largest absolute Gasteiger partial charge is 0.497 e. The Hall–Kier alpha value is -2.82. The molecule has 8 nitrogen and oxygen atoms in total. The summed E-state index contributed by atoms with van der Waals surface area (Å²) in [5.74, 6) is 3.38. The van der Waals surface area contributed by atoms with E-state index in [4.69, 9.17) is 9.73 Å². The predicted octanol–water partition coefficient (Wildman–Crippen LogP) is 3.55. The molecule has 0 fully saturated rings. The summed E-state index contributed by atoms with van der Waals surface area (Å²) in [6.45, 7) is 4.97. The average Bonchev–Trinajstić information content (AvgIpc) is 3.17. The summed E-state index contributed by atoms with van der Waals surface area (Å²) in [5, 5.41) is 15.2. The van der Waals surface area contributed by atoms with Crippen LogP contribution in [0.3, 0.4) is 0 Å². The molecule has 0 aliphatic rings. The van der Waals surface area contributed by atoms with Crippen LogP contribution >= 0.6 is 24.0 Å². The fraction of sp³-hybridized carbons (Fsp3) is 0.400. The van der Waals surface area contributed by atoms with Gasteiger partial charge in [-0.05, 0) is 49.6 Å². The Morgan fingerprint density at radius 3 is 2.38 bits per heavy atom. The van der Waals surface area contributed by atoms with E-state index in [0.29, 0.717) is 6.54 Å². The van der Waals surface area contributed by atoms with Crippen molar-refractivity contribution in [2.45, 2.75) is 26.3 Å². The van der Waals surface area contributed by atoms with Crippen LogP contribution < -0.4 is 20.3 Å². The lowest BCUT2D eigenvalue weighted by atomic mass is 10.1. The molecule has 0 saturated heterocycles. The minimum atomic E-state index is 0. The van der Waals surface area contributed by atoms with Crippen LogP contribution in [0.25, 0.3) is 0 Å². The summed E-state index contributed by atoms with van der Waals surface area (Å²) >= 11 is 0. The summed E-state index contributed by atoms with van der Waals surface area (Å²) in [6.07, 6.45) is 1.89. The van der Waals surface area contributed by atoms with Gasteiger partial charge in [0.15, 0.2) is 11.8 Å². The van der Waals surface area contributed by atoms with Gasteiger partial charge >= 0.3 is 0 Å². The molecule has 2 N–H and O–H groups in total. The topological polar surface area (TPSA) is 79.6 Å². The summed E-state index contributed by atoms with van der Waals surface area (Å²) in [4.78, 5) is 7.00. The highest BCUT2D eigenvalue weighted by atomic mass is 127. The molecular weight excluding hydrogens is 541 g/mol. The number of methoxy groups -OCH3 is 1. The van der Waals surface area contributed by atoms with Crippen molar-refractivity contribution in [2.24, 2.45) is 12.0 Å². The molecular formula is C25H36IN7O. The molecule has 1 aromatic heterocycles. The second-order valence-electron chi connectivity index (χ2n) is 7.95. The average molecular weight is 578 g/mol. The Morgan fingerprint density at radius 2 is 1.74 bits per heavy atom. The van der Waals surface area contributed by atoms with Gasteiger partial charge in [0.25, 0.3) is 0 Å². The van der Waals surface area contributed by atoms with Gasteiger partial charge in [0.1, 0.15) is 18.1 Å². The van der Waals surface area contributed by atoms with E-state index in [0.717, 1.165) is 55.8 Å². The number of nitrogens with zero attached hydrogens (tertiary/aromatic N) is 5. The summed E-state index contributed by atoms with van der Waals surface area (Å²) in [6, 6.07) is 18.6. The van der Waals surface area contributed by atoms with Crippen molar-refractivity contribution >= 4 is 35.6 Å². The number of benzene rings is 2. The third kappa shape index (κ3) is 8.51. The van der Waals surface area contributed by atoms with Crippen LogP contribution in [0.5, 0.6) is 5.75 Å². The Balaban J connectivity index is 0.00000408. The zero-order valence-electron chi connectivity index (χ0n) is 20.5. The first-order valence-electron chi connectivity index (χ1n) is 11.3. The van der Waals surface area contributed by atoms with Crippen molar-refractivity contribution in [3.8, 4) is 5.75 Å². The quantitative estimate of drug-likeness (QED) is 0.157. The molecule has 34 heavy (non-hydrogen) atoms. The third-order valence-corrected chi connectivity index (χ3v) is 5.59. The van der Waals surface area contributed by atoms with Crippen molar-refractivity contribution in [1.82, 2.24) is 25.4 Å². The predicted molar refractivity (Wildman–Crippen MR) is 149 cm³/mol. The number of nitrogens with one attached hydrogen (secondary N) is 2. The van der Waals surface area contributed by atoms with E-state index >= 15 is 0 Å². The number of hydrogen-bond donors (Lipinski definition) is 2. The molecule has 0 unspecified atom stereocenters. The van der Waals surface area contributed by atoms with Gasteiger partial charge in [-0.15, -0.1) is 34.2 Å². The van der Waals surface area contributed by atoms with Crippen molar-refractivity contribution in [3.63, 3.8) is 0 Å². The Labute approximate surface area is 219 Å². The van der Waals surface area contributed by atoms with Crippen molar-refractivity contribution in [3.05, 3.63) is 71.8 Å². The zero-order chi connectivity index (χ0) is 23.5. The molecule has 0 aliphatic heterocycles. The van der Waals surface area contributed by atoms with Crippen LogP contribution in [0, 0.1) is 6.92 Å². The van der Waals surface area contributed by atoms with E-state index in [1.54, 1.807) is 7.11 Å². The molecule has 0 radical (unpaired) electrons. The number of halogens is 1. The van der Waals surface area contributed by atoms with Crippen LogP contribution in [0.1, 0.15) is 23.6 Å². The van der Waals surface area contributed by atoms with Gasteiger partial charge in [0.05, 0.1) is 7.11 Å². The van der Waals surface area contributed by atoms with Crippen molar-refractivity contribution in [1.29, 1.82) is 0 Å². The van der Waals surface area contributed by atoms with E-state index in [2.05, 4.69) is 69.2 Å². The minimum absolute atomic E-state index is 0. The number of hydrogen-bond acceptors (Lipinski definition) is 5. The van der Waals surface area contributed by atoms with Crippen LogP contribution in [-0.2, 0) is 20.0 Å². The molecule has 0 aliphatic carbocycles. The first-order chi connectivity index (χ1) is 16.1. The van der Waals surface area contributed by atoms with Crippen LogP contribution in [0.2, 0.25) is 0 Å². The molecule has 184 valence electrons. The van der Waals surface area contributed by atoms with Gasteiger partial charge in [0, 0.05) is 39.4 Å². The van der Waals surface area contributed by atoms with Gasteiger partial charge < -0.3 is 24.8 Å². The fourth-order valence-corrected chi connectivity index (χ4v) is 3.36. The molecule has 1 heterocycles. The summed E-state index contributed by atoms with van der Waals surface area (Å²) in [7, 11) is 5.76. The van der Waals surface area contributed by atoms with E-state index < -0.39 is 0 Å². The second-order valence-corrected chi connectivity index (χ2v) is 7.95. The van der Waals surface area contributed by atoms with Gasteiger partial charge in [-0.2, -0.15) is 0 Å². The van der Waals surface area contributed by atoms with Crippen molar-refractivity contribution < 1.29 is 4.74 Å².